The van der Waals surface area contributed by atoms with E-state index in [1.807, 2.05) is 48.7 Å². The van der Waals surface area contributed by atoms with Gasteiger partial charge in [0, 0.05) is 29.6 Å². The second kappa shape index (κ2) is 14.3. The van der Waals surface area contributed by atoms with Gasteiger partial charge in [0.25, 0.3) is 0 Å². The molecular formula is C29H33NO6S. The lowest BCUT2D eigenvalue weighted by molar-refractivity contribution is -0.133. The minimum Gasteiger partial charge on any atom is -0.497 e. The van der Waals surface area contributed by atoms with E-state index in [9.17, 15) is 9.90 Å². The SMILES string of the molecule is COC(=O)/C(=C/c1ccc(SC)cc1)c1ccc(OCC(O)CNCc2ccc(OC)cc2OC)cc1. The smallest absolute Gasteiger partial charge is 0.338 e. The van der Waals surface area contributed by atoms with Crippen LogP contribution in [0, 0.1) is 0 Å². The topological polar surface area (TPSA) is 86.3 Å². The van der Waals surface area contributed by atoms with Gasteiger partial charge in [-0.05, 0) is 53.8 Å². The van der Waals surface area contributed by atoms with Crippen molar-refractivity contribution in [2.24, 2.45) is 0 Å². The van der Waals surface area contributed by atoms with Gasteiger partial charge in [0.15, 0.2) is 0 Å². The van der Waals surface area contributed by atoms with Crippen LogP contribution in [0.1, 0.15) is 16.7 Å². The van der Waals surface area contributed by atoms with Crippen LogP contribution in [-0.4, -0.2) is 57.9 Å². The van der Waals surface area contributed by atoms with Crippen LogP contribution in [0.4, 0.5) is 0 Å². The average molecular weight is 524 g/mol. The van der Waals surface area contributed by atoms with E-state index in [1.54, 1.807) is 56.3 Å². The lowest BCUT2D eigenvalue weighted by Crippen LogP contribution is -2.31. The fourth-order valence-corrected chi connectivity index (χ4v) is 4.00. The van der Waals surface area contributed by atoms with Crippen molar-refractivity contribution in [3.8, 4) is 17.2 Å². The molecule has 2 N–H and O–H groups in total. The first-order valence-electron chi connectivity index (χ1n) is 11.7. The Hall–Kier alpha value is -3.46. The van der Waals surface area contributed by atoms with Crippen molar-refractivity contribution in [3.63, 3.8) is 0 Å². The first-order valence-corrected chi connectivity index (χ1v) is 13.0. The standard InChI is InChI=1S/C29H33NO6S/c1-33-25-12-9-22(28(16-25)34-2)17-30-18-23(31)19-36-24-10-7-21(8-11-24)27(29(32)35-3)15-20-5-13-26(37-4)14-6-20/h5-16,23,30-31H,17-19H2,1-4H3/b27-15+. The Morgan fingerprint density at radius 3 is 2.30 bits per heavy atom. The maximum absolute atomic E-state index is 12.4. The Morgan fingerprint density at radius 1 is 0.973 bits per heavy atom. The van der Waals surface area contributed by atoms with E-state index in [2.05, 4.69) is 5.32 Å². The number of carbonyl (C=O) groups is 1. The molecule has 0 fully saturated rings. The van der Waals surface area contributed by atoms with Crippen molar-refractivity contribution in [1.29, 1.82) is 0 Å². The summed E-state index contributed by atoms with van der Waals surface area (Å²) in [6.07, 6.45) is 3.11. The third-order valence-electron chi connectivity index (χ3n) is 5.63. The first kappa shape index (κ1) is 28.1. The van der Waals surface area contributed by atoms with E-state index in [-0.39, 0.29) is 6.61 Å². The van der Waals surface area contributed by atoms with E-state index in [0.29, 0.717) is 30.0 Å². The molecular weight excluding hydrogens is 490 g/mol. The van der Waals surface area contributed by atoms with E-state index in [0.717, 1.165) is 27.5 Å². The molecule has 0 saturated carbocycles. The van der Waals surface area contributed by atoms with E-state index < -0.39 is 12.1 Å². The number of ether oxygens (including phenoxy) is 4. The minimum absolute atomic E-state index is 0.119. The van der Waals surface area contributed by atoms with E-state index >= 15 is 0 Å². The molecule has 0 heterocycles. The fourth-order valence-electron chi connectivity index (χ4n) is 3.59. The van der Waals surface area contributed by atoms with Crippen LogP contribution < -0.4 is 19.5 Å². The zero-order valence-corrected chi connectivity index (χ0v) is 22.3. The van der Waals surface area contributed by atoms with E-state index in [4.69, 9.17) is 18.9 Å². The van der Waals surface area contributed by atoms with Crippen molar-refractivity contribution < 1.29 is 28.8 Å². The Kier molecular flexibility index (Phi) is 10.9. The summed E-state index contributed by atoms with van der Waals surface area (Å²) in [6, 6.07) is 20.7. The molecule has 3 aromatic carbocycles. The molecule has 3 rings (SSSR count). The molecule has 3 aromatic rings. The van der Waals surface area contributed by atoms with Crippen LogP contribution in [0.25, 0.3) is 11.6 Å². The number of aliphatic hydroxyl groups excluding tert-OH is 1. The first-order chi connectivity index (χ1) is 18.0. The number of esters is 1. The molecule has 0 bridgehead atoms. The van der Waals surface area contributed by atoms with Crippen LogP contribution in [0.5, 0.6) is 17.2 Å². The minimum atomic E-state index is -0.710. The lowest BCUT2D eigenvalue weighted by Gasteiger charge is -2.15. The molecule has 37 heavy (non-hydrogen) atoms. The molecule has 1 unspecified atom stereocenters. The van der Waals surface area contributed by atoms with Crippen molar-refractivity contribution in [2.45, 2.75) is 17.5 Å². The molecule has 7 nitrogen and oxygen atoms in total. The molecule has 8 heteroatoms. The molecule has 0 spiro atoms. The zero-order chi connectivity index (χ0) is 26.6. The number of hydrogen-bond acceptors (Lipinski definition) is 8. The second-order valence-electron chi connectivity index (χ2n) is 8.12. The van der Waals surface area contributed by atoms with Gasteiger partial charge in [0.2, 0.25) is 0 Å². The summed E-state index contributed by atoms with van der Waals surface area (Å²) < 4.78 is 21.4. The van der Waals surface area contributed by atoms with Crippen molar-refractivity contribution >= 4 is 29.4 Å². The van der Waals surface area contributed by atoms with Crippen LogP contribution >= 0.6 is 11.8 Å². The predicted molar refractivity (Wildman–Crippen MR) is 147 cm³/mol. The number of hydrogen-bond donors (Lipinski definition) is 2. The maximum Gasteiger partial charge on any atom is 0.338 e. The summed E-state index contributed by atoms with van der Waals surface area (Å²) in [5.74, 6) is 1.61. The number of carbonyl (C=O) groups excluding carboxylic acids is 1. The van der Waals surface area contributed by atoms with Crippen LogP contribution in [0.3, 0.4) is 0 Å². The van der Waals surface area contributed by atoms with Crippen LogP contribution in [-0.2, 0) is 16.1 Å². The monoisotopic (exact) mass is 523 g/mol. The van der Waals surface area contributed by atoms with Crippen LogP contribution in [0.15, 0.2) is 71.6 Å². The fraction of sp³-hybridized carbons (Fsp3) is 0.276. The third-order valence-corrected chi connectivity index (χ3v) is 6.37. The quantitative estimate of drug-likeness (QED) is 0.145. The highest BCUT2D eigenvalue weighted by atomic mass is 32.2. The highest BCUT2D eigenvalue weighted by molar-refractivity contribution is 7.98. The number of nitrogens with one attached hydrogen (secondary N) is 1. The molecule has 0 radical (unpaired) electrons. The van der Waals surface area contributed by atoms with Crippen molar-refractivity contribution in [1.82, 2.24) is 5.32 Å². The third kappa shape index (κ3) is 8.28. The summed E-state index contributed by atoms with van der Waals surface area (Å²) in [4.78, 5) is 13.6. The molecule has 0 aliphatic heterocycles. The van der Waals surface area contributed by atoms with Gasteiger partial charge < -0.3 is 29.4 Å². The number of thioether (sulfide) groups is 1. The molecule has 196 valence electrons. The molecule has 1 atom stereocenters. The summed E-state index contributed by atoms with van der Waals surface area (Å²) >= 11 is 1.66. The highest BCUT2D eigenvalue weighted by Gasteiger charge is 2.14. The number of rotatable bonds is 13. The Morgan fingerprint density at radius 2 is 1.68 bits per heavy atom. The average Bonchev–Trinajstić information content (AvgIpc) is 2.95. The van der Waals surface area contributed by atoms with Gasteiger partial charge in [-0.15, -0.1) is 11.8 Å². The summed E-state index contributed by atoms with van der Waals surface area (Å²) in [6.45, 7) is 0.993. The predicted octanol–water partition coefficient (Wildman–Crippen LogP) is 4.67. The maximum atomic E-state index is 12.4. The molecule has 0 aliphatic carbocycles. The number of aliphatic hydroxyl groups is 1. The van der Waals surface area contributed by atoms with Gasteiger partial charge in [0.1, 0.15) is 30.0 Å². The Balaban J connectivity index is 1.55. The molecule has 0 saturated heterocycles. The van der Waals surface area contributed by atoms with Gasteiger partial charge >= 0.3 is 5.97 Å². The lowest BCUT2D eigenvalue weighted by atomic mass is 10.0. The number of methoxy groups -OCH3 is 3. The highest BCUT2D eigenvalue weighted by Crippen LogP contribution is 2.25. The van der Waals surface area contributed by atoms with Crippen molar-refractivity contribution in [3.05, 3.63) is 83.4 Å². The summed E-state index contributed by atoms with van der Waals surface area (Å²) in [5, 5.41) is 13.5. The van der Waals surface area contributed by atoms with Gasteiger partial charge in [-0.1, -0.05) is 30.3 Å². The van der Waals surface area contributed by atoms with Gasteiger partial charge in [0.05, 0.1) is 26.9 Å². The largest absolute Gasteiger partial charge is 0.497 e. The van der Waals surface area contributed by atoms with E-state index in [1.165, 1.54) is 7.11 Å². The van der Waals surface area contributed by atoms with Gasteiger partial charge in [-0.3, -0.25) is 0 Å². The normalized spacial score (nSPS) is 12.1. The van der Waals surface area contributed by atoms with Gasteiger partial charge in [-0.2, -0.15) is 0 Å². The second-order valence-corrected chi connectivity index (χ2v) is 9.00. The zero-order valence-electron chi connectivity index (χ0n) is 21.5. The Labute approximate surface area is 222 Å². The number of benzene rings is 3. The summed E-state index contributed by atoms with van der Waals surface area (Å²) in [5.41, 5.74) is 3.02. The Bertz CT molecular complexity index is 1180. The molecule has 0 aliphatic rings. The van der Waals surface area contributed by atoms with Crippen LogP contribution in [0.2, 0.25) is 0 Å². The summed E-state index contributed by atoms with van der Waals surface area (Å²) in [7, 11) is 4.58. The molecule has 0 aromatic heterocycles. The van der Waals surface area contributed by atoms with Crippen molar-refractivity contribution in [2.75, 3.05) is 40.7 Å². The molecule has 0 amide bonds. The van der Waals surface area contributed by atoms with Gasteiger partial charge in [-0.25, -0.2) is 4.79 Å².